The standard InChI is InChI=1S/C23H23F2N5O3/c1-14-2-3-15(12-18(14)25)22(32)28-8-10-29(11-9-28)23(33)19-13-20(21(26)31)30(27-19)17-6-4-16(24)5-7-17/h2-7,12,20H,8-11,13H2,1H3,(H2,26,31). The Morgan fingerprint density at radius 2 is 1.55 bits per heavy atom. The molecule has 2 aliphatic rings. The zero-order chi connectivity index (χ0) is 23.7. The van der Waals surface area contributed by atoms with Gasteiger partial charge in [0.2, 0.25) is 5.91 Å². The highest BCUT2D eigenvalue weighted by Gasteiger charge is 2.37. The fraction of sp³-hybridized carbons (Fsp3) is 0.304. The summed E-state index contributed by atoms with van der Waals surface area (Å²) in [6.07, 6.45) is 0.0351. The summed E-state index contributed by atoms with van der Waals surface area (Å²) in [5.41, 5.74) is 6.84. The summed E-state index contributed by atoms with van der Waals surface area (Å²) in [6.45, 7) is 2.74. The molecule has 0 spiro atoms. The van der Waals surface area contributed by atoms with Crippen LogP contribution >= 0.6 is 0 Å². The minimum Gasteiger partial charge on any atom is -0.368 e. The van der Waals surface area contributed by atoms with Crippen molar-refractivity contribution >= 4 is 29.1 Å². The number of hydrogen-bond donors (Lipinski definition) is 1. The number of carbonyl (C=O) groups is 3. The predicted molar refractivity (Wildman–Crippen MR) is 118 cm³/mol. The number of primary amides is 1. The average molecular weight is 455 g/mol. The van der Waals surface area contributed by atoms with Crippen LogP contribution in [0.25, 0.3) is 0 Å². The van der Waals surface area contributed by atoms with Gasteiger partial charge < -0.3 is 15.5 Å². The SMILES string of the molecule is Cc1ccc(C(=O)N2CCN(C(=O)C3=NN(c4ccc(F)cc4)C(C(N)=O)C3)CC2)cc1F. The summed E-state index contributed by atoms with van der Waals surface area (Å²) in [4.78, 5) is 40.8. The number of piperazine rings is 1. The first kappa shape index (κ1) is 22.4. The number of anilines is 1. The molecule has 4 rings (SSSR count). The van der Waals surface area contributed by atoms with E-state index in [1.807, 2.05) is 0 Å². The molecular weight excluding hydrogens is 432 g/mol. The van der Waals surface area contributed by atoms with Crippen LogP contribution in [0.15, 0.2) is 47.6 Å². The van der Waals surface area contributed by atoms with Gasteiger partial charge in [0.1, 0.15) is 23.4 Å². The number of halogens is 2. The van der Waals surface area contributed by atoms with Crippen LogP contribution in [0.2, 0.25) is 0 Å². The molecule has 2 N–H and O–H groups in total. The fourth-order valence-corrected chi connectivity index (χ4v) is 3.90. The number of carbonyl (C=O) groups excluding carboxylic acids is 3. The van der Waals surface area contributed by atoms with Crippen LogP contribution in [0.5, 0.6) is 0 Å². The molecule has 1 unspecified atom stereocenters. The molecule has 1 fully saturated rings. The zero-order valence-electron chi connectivity index (χ0n) is 18.0. The molecule has 33 heavy (non-hydrogen) atoms. The predicted octanol–water partition coefficient (Wildman–Crippen LogP) is 1.68. The van der Waals surface area contributed by atoms with E-state index in [1.54, 1.807) is 28.9 Å². The summed E-state index contributed by atoms with van der Waals surface area (Å²) in [7, 11) is 0. The third-order valence-electron chi connectivity index (χ3n) is 5.85. The van der Waals surface area contributed by atoms with Crippen molar-refractivity contribution in [1.29, 1.82) is 0 Å². The lowest BCUT2D eigenvalue weighted by Crippen LogP contribution is -2.52. The molecule has 3 amide bonds. The smallest absolute Gasteiger partial charge is 0.270 e. The molecular formula is C23H23F2N5O3. The van der Waals surface area contributed by atoms with Gasteiger partial charge in [0.05, 0.1) is 5.69 Å². The largest absolute Gasteiger partial charge is 0.368 e. The molecule has 172 valence electrons. The van der Waals surface area contributed by atoms with Crippen molar-refractivity contribution in [2.45, 2.75) is 19.4 Å². The lowest BCUT2D eigenvalue weighted by atomic mass is 10.1. The maximum atomic E-state index is 13.8. The summed E-state index contributed by atoms with van der Waals surface area (Å²) in [6, 6.07) is 8.89. The van der Waals surface area contributed by atoms with Crippen molar-refractivity contribution in [2.24, 2.45) is 10.8 Å². The van der Waals surface area contributed by atoms with Crippen LogP contribution in [0, 0.1) is 18.6 Å². The summed E-state index contributed by atoms with van der Waals surface area (Å²) in [5.74, 6) is -2.17. The van der Waals surface area contributed by atoms with Crippen molar-refractivity contribution in [3.63, 3.8) is 0 Å². The molecule has 2 heterocycles. The van der Waals surface area contributed by atoms with E-state index in [4.69, 9.17) is 5.73 Å². The highest BCUT2D eigenvalue weighted by Crippen LogP contribution is 2.26. The quantitative estimate of drug-likeness (QED) is 0.758. The number of hydrazone groups is 1. The number of nitrogens with zero attached hydrogens (tertiary/aromatic N) is 4. The van der Waals surface area contributed by atoms with Gasteiger partial charge in [0, 0.05) is 38.2 Å². The van der Waals surface area contributed by atoms with E-state index in [-0.39, 0.29) is 55.7 Å². The second-order valence-electron chi connectivity index (χ2n) is 8.04. The van der Waals surface area contributed by atoms with Crippen molar-refractivity contribution in [3.05, 3.63) is 65.2 Å². The van der Waals surface area contributed by atoms with Gasteiger partial charge >= 0.3 is 0 Å². The van der Waals surface area contributed by atoms with Gasteiger partial charge in [-0.1, -0.05) is 6.07 Å². The highest BCUT2D eigenvalue weighted by atomic mass is 19.1. The molecule has 10 heteroatoms. The first-order valence-corrected chi connectivity index (χ1v) is 10.5. The Labute approximate surface area is 189 Å². The maximum Gasteiger partial charge on any atom is 0.270 e. The Morgan fingerprint density at radius 1 is 0.939 bits per heavy atom. The average Bonchev–Trinajstić information content (AvgIpc) is 3.26. The van der Waals surface area contributed by atoms with Crippen LogP contribution in [0.3, 0.4) is 0 Å². The van der Waals surface area contributed by atoms with Crippen LogP contribution in [0.4, 0.5) is 14.5 Å². The van der Waals surface area contributed by atoms with Crippen molar-refractivity contribution in [1.82, 2.24) is 9.80 Å². The Balaban J connectivity index is 1.43. The molecule has 2 aliphatic heterocycles. The molecule has 0 aromatic heterocycles. The first-order valence-electron chi connectivity index (χ1n) is 10.5. The summed E-state index contributed by atoms with van der Waals surface area (Å²) < 4.78 is 27.1. The van der Waals surface area contributed by atoms with Crippen molar-refractivity contribution in [3.8, 4) is 0 Å². The van der Waals surface area contributed by atoms with E-state index in [9.17, 15) is 23.2 Å². The van der Waals surface area contributed by atoms with E-state index in [1.165, 1.54) is 35.3 Å². The molecule has 8 nitrogen and oxygen atoms in total. The van der Waals surface area contributed by atoms with E-state index in [0.717, 1.165) is 0 Å². The normalized spacial score (nSPS) is 18.3. The van der Waals surface area contributed by atoms with Gasteiger partial charge in [-0.05, 0) is 48.9 Å². The second kappa shape index (κ2) is 8.97. The minimum absolute atomic E-state index is 0.0351. The van der Waals surface area contributed by atoms with Gasteiger partial charge in [-0.3, -0.25) is 19.4 Å². The minimum atomic E-state index is -0.853. The van der Waals surface area contributed by atoms with Gasteiger partial charge in [0.25, 0.3) is 11.8 Å². The number of rotatable bonds is 4. The van der Waals surface area contributed by atoms with E-state index >= 15 is 0 Å². The van der Waals surface area contributed by atoms with Gasteiger partial charge in [-0.25, -0.2) is 8.78 Å². The van der Waals surface area contributed by atoms with Gasteiger partial charge in [-0.15, -0.1) is 0 Å². The van der Waals surface area contributed by atoms with E-state index in [2.05, 4.69) is 5.10 Å². The molecule has 1 atom stereocenters. The molecule has 2 aromatic carbocycles. The first-order chi connectivity index (χ1) is 15.7. The number of amides is 3. The third-order valence-corrected chi connectivity index (χ3v) is 5.85. The number of hydrogen-bond acceptors (Lipinski definition) is 5. The maximum absolute atomic E-state index is 13.8. The number of aryl methyl sites for hydroxylation is 1. The second-order valence-corrected chi connectivity index (χ2v) is 8.04. The van der Waals surface area contributed by atoms with Crippen LogP contribution < -0.4 is 10.7 Å². The van der Waals surface area contributed by atoms with Crippen molar-refractivity contribution in [2.75, 3.05) is 31.2 Å². The lowest BCUT2D eigenvalue weighted by molar-refractivity contribution is -0.125. The molecule has 2 aromatic rings. The molecule has 0 aliphatic carbocycles. The monoisotopic (exact) mass is 455 g/mol. The Kier molecular flexibility index (Phi) is 6.08. The number of nitrogens with two attached hydrogens (primary N) is 1. The van der Waals surface area contributed by atoms with Crippen LogP contribution in [0.1, 0.15) is 22.3 Å². The Morgan fingerprint density at radius 3 is 2.12 bits per heavy atom. The Bertz CT molecular complexity index is 1130. The molecule has 1 saturated heterocycles. The topological polar surface area (TPSA) is 99.3 Å². The van der Waals surface area contributed by atoms with Crippen LogP contribution in [-0.2, 0) is 9.59 Å². The zero-order valence-corrected chi connectivity index (χ0v) is 18.0. The lowest BCUT2D eigenvalue weighted by Gasteiger charge is -2.34. The third kappa shape index (κ3) is 4.55. The van der Waals surface area contributed by atoms with Gasteiger partial charge in [0.15, 0.2) is 0 Å². The number of benzene rings is 2. The highest BCUT2D eigenvalue weighted by molar-refractivity contribution is 6.40. The van der Waals surface area contributed by atoms with Crippen molar-refractivity contribution < 1.29 is 23.2 Å². The summed E-state index contributed by atoms with van der Waals surface area (Å²) in [5, 5.41) is 5.63. The summed E-state index contributed by atoms with van der Waals surface area (Å²) >= 11 is 0. The molecule has 0 bridgehead atoms. The van der Waals surface area contributed by atoms with E-state index < -0.39 is 23.6 Å². The fourth-order valence-electron chi connectivity index (χ4n) is 3.90. The van der Waals surface area contributed by atoms with E-state index in [0.29, 0.717) is 11.3 Å². The van der Waals surface area contributed by atoms with Crippen LogP contribution in [-0.4, -0.2) is 65.5 Å². The van der Waals surface area contributed by atoms with Gasteiger partial charge in [-0.2, -0.15) is 5.10 Å². The molecule has 0 radical (unpaired) electrons. The molecule has 0 saturated carbocycles. The Hall–Kier alpha value is -3.82.